The zero-order valence-corrected chi connectivity index (χ0v) is 33.3. The maximum absolute atomic E-state index is 2.58. The smallest absolute Gasteiger partial charge is 0.0555 e. The molecule has 11 rings (SSSR count). The van der Waals surface area contributed by atoms with Crippen LogP contribution in [0.4, 0.5) is 17.1 Å². The Kier molecular flexibility index (Phi) is 8.86. The molecule has 1 saturated carbocycles. The molecule has 10 aromatic rings. The Bertz CT molecular complexity index is 3100. The zero-order valence-electron chi connectivity index (χ0n) is 32.4. The summed E-state index contributed by atoms with van der Waals surface area (Å²) in [5.41, 5.74) is 12.4. The molecule has 0 saturated heterocycles. The number of hydrogen-bond donors (Lipinski definition) is 0. The van der Waals surface area contributed by atoms with Crippen LogP contribution >= 0.6 is 11.3 Å². The van der Waals surface area contributed by atoms with Crippen LogP contribution in [0.2, 0.25) is 0 Å². The molecule has 1 fully saturated rings. The van der Waals surface area contributed by atoms with Gasteiger partial charge in [-0.2, -0.15) is 0 Å². The summed E-state index contributed by atoms with van der Waals surface area (Å²) in [7, 11) is 0. The molecule has 278 valence electrons. The molecule has 0 radical (unpaired) electrons. The van der Waals surface area contributed by atoms with Crippen molar-refractivity contribution in [3.8, 4) is 33.4 Å². The lowest BCUT2D eigenvalue weighted by Gasteiger charge is -2.31. The van der Waals surface area contributed by atoms with Crippen LogP contribution in [0.25, 0.3) is 75.1 Å². The Morgan fingerprint density at radius 2 is 0.879 bits per heavy atom. The molecule has 0 N–H and O–H groups in total. The Morgan fingerprint density at radius 1 is 0.362 bits per heavy atom. The summed E-state index contributed by atoms with van der Waals surface area (Å²) in [6, 6.07) is 72.3. The summed E-state index contributed by atoms with van der Waals surface area (Å²) in [5.74, 6) is 0.582. The van der Waals surface area contributed by atoms with E-state index >= 15 is 0 Å². The van der Waals surface area contributed by atoms with E-state index in [0.717, 1.165) is 5.69 Å². The lowest BCUT2D eigenvalue weighted by molar-refractivity contribution is 0.445. The van der Waals surface area contributed by atoms with E-state index in [2.05, 4.69) is 199 Å². The molecule has 1 aromatic heterocycles. The van der Waals surface area contributed by atoms with Crippen molar-refractivity contribution in [1.82, 2.24) is 0 Å². The van der Waals surface area contributed by atoms with Crippen molar-refractivity contribution in [1.29, 1.82) is 0 Å². The van der Waals surface area contributed by atoms with E-state index in [1.165, 1.54) is 124 Å². The predicted molar refractivity (Wildman–Crippen MR) is 251 cm³/mol. The van der Waals surface area contributed by atoms with Gasteiger partial charge in [0.2, 0.25) is 0 Å². The first-order valence-electron chi connectivity index (χ1n) is 20.8. The summed E-state index contributed by atoms with van der Waals surface area (Å²) in [4.78, 5) is 2.58. The largest absolute Gasteiger partial charge is 0.309 e. The van der Waals surface area contributed by atoms with Gasteiger partial charge in [0, 0.05) is 31.3 Å². The van der Waals surface area contributed by atoms with Crippen molar-refractivity contribution in [3.05, 3.63) is 200 Å². The second-order valence-corrected chi connectivity index (χ2v) is 16.9. The van der Waals surface area contributed by atoms with Gasteiger partial charge in [0.1, 0.15) is 0 Å². The normalized spacial score (nSPS) is 13.4. The van der Waals surface area contributed by atoms with Crippen LogP contribution in [-0.2, 0) is 0 Å². The number of rotatable bonds is 7. The molecule has 0 atom stereocenters. The Labute approximate surface area is 344 Å². The van der Waals surface area contributed by atoms with Gasteiger partial charge >= 0.3 is 0 Å². The number of nitrogens with zero attached hydrogens (tertiary/aromatic N) is 1. The summed E-state index contributed by atoms with van der Waals surface area (Å²) in [6.45, 7) is 0. The predicted octanol–water partition coefficient (Wildman–Crippen LogP) is 16.9. The number of para-hydroxylation sites is 2. The molecule has 1 aliphatic rings. The van der Waals surface area contributed by atoms with Crippen LogP contribution < -0.4 is 4.90 Å². The van der Waals surface area contributed by atoms with Crippen LogP contribution in [0.5, 0.6) is 0 Å². The molecule has 0 amide bonds. The monoisotopic (exact) mass is 761 g/mol. The molecule has 2 heteroatoms. The van der Waals surface area contributed by atoms with Crippen LogP contribution in [0, 0.1) is 0 Å². The third kappa shape index (κ3) is 5.90. The van der Waals surface area contributed by atoms with Gasteiger partial charge in [-0.3, -0.25) is 0 Å². The van der Waals surface area contributed by atoms with Gasteiger partial charge in [-0.25, -0.2) is 0 Å². The highest BCUT2D eigenvalue weighted by Gasteiger charge is 2.26. The van der Waals surface area contributed by atoms with Crippen LogP contribution in [0.3, 0.4) is 0 Å². The van der Waals surface area contributed by atoms with Gasteiger partial charge in [-0.15, -0.1) is 11.3 Å². The molecule has 1 aliphatic carbocycles. The van der Waals surface area contributed by atoms with E-state index in [1.807, 2.05) is 11.3 Å². The van der Waals surface area contributed by atoms with Gasteiger partial charge in [-0.1, -0.05) is 183 Å². The van der Waals surface area contributed by atoms with E-state index in [4.69, 9.17) is 0 Å². The Balaban J connectivity index is 1.22. The minimum atomic E-state index is 0.582. The average Bonchev–Trinajstić information content (AvgIpc) is 3.69. The van der Waals surface area contributed by atoms with Crippen molar-refractivity contribution in [2.24, 2.45) is 0 Å². The second-order valence-electron chi connectivity index (χ2n) is 15.8. The highest BCUT2D eigenvalue weighted by Crippen LogP contribution is 2.51. The summed E-state index contributed by atoms with van der Waals surface area (Å²) >= 11 is 1.88. The molecule has 0 bridgehead atoms. The fourth-order valence-electron chi connectivity index (χ4n) is 9.90. The summed E-state index contributed by atoms with van der Waals surface area (Å²) < 4.78 is 2.60. The first kappa shape index (κ1) is 34.7. The number of thiophene rings is 1. The third-order valence-electron chi connectivity index (χ3n) is 12.5. The van der Waals surface area contributed by atoms with Crippen LogP contribution in [0.1, 0.15) is 43.6 Å². The maximum atomic E-state index is 2.58. The maximum Gasteiger partial charge on any atom is 0.0555 e. The summed E-state index contributed by atoms with van der Waals surface area (Å²) in [6.07, 6.45) is 6.49. The van der Waals surface area contributed by atoms with Gasteiger partial charge < -0.3 is 4.90 Å². The molecule has 0 aliphatic heterocycles. The van der Waals surface area contributed by atoms with Gasteiger partial charge in [0.25, 0.3) is 0 Å². The zero-order chi connectivity index (χ0) is 38.4. The number of benzene rings is 9. The van der Waals surface area contributed by atoms with E-state index in [1.54, 1.807) is 0 Å². The van der Waals surface area contributed by atoms with Crippen molar-refractivity contribution < 1.29 is 0 Å². The van der Waals surface area contributed by atoms with Crippen molar-refractivity contribution in [2.75, 3.05) is 4.90 Å². The average molecular weight is 762 g/mol. The lowest BCUT2D eigenvalue weighted by Crippen LogP contribution is -2.13. The Hall–Kier alpha value is -6.48. The van der Waals surface area contributed by atoms with E-state index in [9.17, 15) is 0 Å². The van der Waals surface area contributed by atoms with Crippen LogP contribution in [0.15, 0.2) is 194 Å². The molecular formula is C56H43NS. The van der Waals surface area contributed by atoms with E-state index < -0.39 is 0 Å². The van der Waals surface area contributed by atoms with E-state index in [-0.39, 0.29) is 0 Å². The molecule has 0 unspecified atom stereocenters. The first-order valence-corrected chi connectivity index (χ1v) is 21.6. The molecular weight excluding hydrogens is 719 g/mol. The van der Waals surface area contributed by atoms with E-state index in [0.29, 0.717) is 5.92 Å². The second kappa shape index (κ2) is 14.8. The molecule has 0 spiro atoms. The quantitative estimate of drug-likeness (QED) is 0.156. The number of hydrogen-bond acceptors (Lipinski definition) is 2. The number of fused-ring (bicyclic) bond motifs is 5. The standard InChI is InChI=1S/C56H43NS/c1-3-18-38(19-4-1)42-29-13-22-40-24-15-31-46(54(40)42)44-26-7-10-33-49(44)57(51-35-17-37-53-56(51)48-28-9-12-36-52(48)58-53)50-34-11-8-27-45(50)47-32-16-25-41-23-14-30-43(55(41)47)39-20-5-2-6-21-39/h1,3-4,7-19,22-37,39H,2,5-6,20-21H2. The molecule has 58 heavy (non-hydrogen) atoms. The SMILES string of the molecule is c1ccc(-c2cccc3cccc(-c4ccccc4N(c4ccccc4-c4cccc5cccc(C6CCCCC6)c45)c4cccc5sc6ccccc6c45)c23)cc1. The highest BCUT2D eigenvalue weighted by atomic mass is 32.1. The lowest BCUT2D eigenvalue weighted by atomic mass is 9.80. The molecule has 1 heterocycles. The number of anilines is 3. The van der Waals surface area contributed by atoms with Gasteiger partial charge in [-0.05, 0) is 98.5 Å². The van der Waals surface area contributed by atoms with Crippen molar-refractivity contribution >= 4 is 70.1 Å². The fourth-order valence-corrected chi connectivity index (χ4v) is 11.0. The van der Waals surface area contributed by atoms with Gasteiger partial charge in [0.05, 0.1) is 17.1 Å². The highest BCUT2D eigenvalue weighted by molar-refractivity contribution is 7.26. The first-order chi connectivity index (χ1) is 28.8. The minimum absolute atomic E-state index is 0.582. The molecule has 1 nitrogen and oxygen atoms in total. The summed E-state index contributed by atoms with van der Waals surface area (Å²) in [5, 5.41) is 7.80. The minimum Gasteiger partial charge on any atom is -0.309 e. The van der Waals surface area contributed by atoms with Crippen molar-refractivity contribution in [3.63, 3.8) is 0 Å². The third-order valence-corrected chi connectivity index (χ3v) is 13.6. The van der Waals surface area contributed by atoms with Crippen LogP contribution in [-0.4, -0.2) is 0 Å². The molecule has 9 aromatic carbocycles. The van der Waals surface area contributed by atoms with Gasteiger partial charge in [0.15, 0.2) is 0 Å². The Morgan fingerprint density at radius 3 is 1.60 bits per heavy atom. The van der Waals surface area contributed by atoms with Crippen molar-refractivity contribution in [2.45, 2.75) is 38.0 Å². The topological polar surface area (TPSA) is 3.24 Å². The fraction of sp³-hybridized carbons (Fsp3) is 0.107.